The molecule has 0 atom stereocenters. The molecule has 5 nitrogen and oxygen atoms in total. The second kappa shape index (κ2) is 10.6. The fourth-order valence-corrected chi connectivity index (χ4v) is 3.65. The lowest BCUT2D eigenvalue weighted by Crippen LogP contribution is -2.25. The van der Waals surface area contributed by atoms with Crippen LogP contribution in [0, 0.1) is 29.1 Å². The van der Waals surface area contributed by atoms with E-state index in [9.17, 15) is 26.7 Å². The van der Waals surface area contributed by atoms with Gasteiger partial charge in [0, 0.05) is 5.02 Å². The van der Waals surface area contributed by atoms with E-state index in [1.807, 2.05) is 12.1 Å². The molecule has 0 radical (unpaired) electrons. The minimum Gasteiger partial charge on any atom is -0.490 e. The maximum atomic E-state index is 14.3. The minimum atomic E-state index is -2.33. The smallest absolute Gasteiger partial charge is 0.280 e. The first-order valence-electron chi connectivity index (χ1n) is 10.9. The molecule has 1 aliphatic heterocycles. The number of carbonyl (C=O) groups excluding carboxylic acids is 1. The van der Waals surface area contributed by atoms with Crippen molar-refractivity contribution in [2.75, 3.05) is 11.6 Å². The van der Waals surface area contributed by atoms with Crippen LogP contribution in [0.4, 0.5) is 27.6 Å². The predicted molar refractivity (Wildman–Crippen MR) is 128 cm³/mol. The summed E-state index contributed by atoms with van der Waals surface area (Å²) in [6, 6.07) is 11.9. The number of hydrazone groups is 1. The molecule has 0 aromatic heterocycles. The molecule has 0 saturated heterocycles. The molecule has 37 heavy (non-hydrogen) atoms. The zero-order valence-electron chi connectivity index (χ0n) is 19.4. The Labute approximate surface area is 213 Å². The van der Waals surface area contributed by atoms with Crippen molar-refractivity contribution in [3.8, 4) is 11.5 Å². The van der Waals surface area contributed by atoms with Crippen molar-refractivity contribution in [1.29, 1.82) is 0 Å². The van der Waals surface area contributed by atoms with Crippen LogP contribution in [0.25, 0.3) is 6.08 Å². The Bertz CT molecular complexity index is 1410. The maximum Gasteiger partial charge on any atom is 0.280 e. The topological polar surface area (TPSA) is 51.1 Å². The molecule has 4 rings (SSSR count). The van der Waals surface area contributed by atoms with Gasteiger partial charge >= 0.3 is 0 Å². The van der Waals surface area contributed by atoms with E-state index in [-0.39, 0.29) is 22.9 Å². The van der Waals surface area contributed by atoms with Crippen molar-refractivity contribution >= 4 is 35.0 Å². The fourth-order valence-electron chi connectivity index (χ4n) is 3.53. The molecule has 192 valence electrons. The van der Waals surface area contributed by atoms with Crippen molar-refractivity contribution in [3.63, 3.8) is 0 Å². The van der Waals surface area contributed by atoms with E-state index in [0.717, 1.165) is 5.56 Å². The van der Waals surface area contributed by atoms with Gasteiger partial charge in [-0.15, -0.1) is 0 Å². The number of amides is 1. The molecular weight excluding hydrogens is 519 g/mol. The standard InChI is InChI=1S/C26H18ClF5N2O3/c1-3-36-19-11-15(6-9-18(19)37-12-14-4-7-16(27)8-5-14)10-17-13(2)33-34(26(17)35)25-23(31)21(29)20(28)22(30)24(25)32/h4-11H,3,12H2,1-2H3/b17-10+. The quantitative estimate of drug-likeness (QED) is 0.144. The number of anilines is 1. The summed E-state index contributed by atoms with van der Waals surface area (Å²) in [7, 11) is 0. The minimum absolute atomic E-state index is 0.00923. The van der Waals surface area contributed by atoms with Gasteiger partial charge in [0.05, 0.1) is 17.9 Å². The zero-order chi connectivity index (χ0) is 26.9. The van der Waals surface area contributed by atoms with Gasteiger partial charge in [-0.1, -0.05) is 29.8 Å². The van der Waals surface area contributed by atoms with Crippen molar-refractivity contribution in [2.45, 2.75) is 20.5 Å². The summed E-state index contributed by atoms with van der Waals surface area (Å²) in [6.45, 7) is 3.68. The summed E-state index contributed by atoms with van der Waals surface area (Å²) in [4.78, 5) is 12.9. The Kier molecular flexibility index (Phi) is 7.49. The van der Waals surface area contributed by atoms with E-state index in [1.165, 1.54) is 13.0 Å². The lowest BCUT2D eigenvalue weighted by atomic mass is 10.1. The van der Waals surface area contributed by atoms with Crippen LogP contribution in [0.3, 0.4) is 0 Å². The molecule has 0 spiro atoms. The van der Waals surface area contributed by atoms with Crippen LogP contribution in [0.15, 0.2) is 53.1 Å². The zero-order valence-corrected chi connectivity index (χ0v) is 20.2. The number of ether oxygens (including phenoxy) is 2. The second-order valence-electron chi connectivity index (χ2n) is 7.83. The normalized spacial score (nSPS) is 14.4. The van der Waals surface area contributed by atoms with Crippen molar-refractivity contribution in [3.05, 3.63) is 93.3 Å². The van der Waals surface area contributed by atoms with Gasteiger partial charge in [0.2, 0.25) is 5.82 Å². The Morgan fingerprint density at radius 3 is 2.14 bits per heavy atom. The lowest BCUT2D eigenvalue weighted by molar-refractivity contribution is -0.114. The number of hydrogen-bond donors (Lipinski definition) is 0. The Hall–Kier alpha value is -3.92. The van der Waals surface area contributed by atoms with Gasteiger partial charge in [-0.25, -0.2) is 22.0 Å². The highest BCUT2D eigenvalue weighted by molar-refractivity contribution is 6.32. The van der Waals surface area contributed by atoms with E-state index < -0.39 is 40.7 Å². The Balaban J connectivity index is 1.62. The molecule has 0 unspecified atom stereocenters. The third kappa shape index (κ3) is 5.15. The van der Waals surface area contributed by atoms with E-state index in [4.69, 9.17) is 21.1 Å². The molecule has 1 aliphatic rings. The molecular formula is C26H18ClF5N2O3. The van der Waals surface area contributed by atoms with E-state index >= 15 is 0 Å². The summed E-state index contributed by atoms with van der Waals surface area (Å²) < 4.78 is 80.8. The Morgan fingerprint density at radius 1 is 0.892 bits per heavy atom. The summed E-state index contributed by atoms with van der Waals surface area (Å²) >= 11 is 5.90. The van der Waals surface area contributed by atoms with Crippen LogP contribution in [0.1, 0.15) is 25.0 Å². The molecule has 0 fully saturated rings. The highest BCUT2D eigenvalue weighted by atomic mass is 35.5. The van der Waals surface area contributed by atoms with Gasteiger partial charge in [-0.2, -0.15) is 10.1 Å². The number of nitrogens with zero attached hydrogens (tertiary/aromatic N) is 2. The number of benzene rings is 3. The van der Waals surface area contributed by atoms with Gasteiger partial charge in [-0.05, 0) is 55.3 Å². The third-order valence-corrected chi connectivity index (χ3v) is 5.60. The van der Waals surface area contributed by atoms with E-state index in [1.54, 1.807) is 37.3 Å². The largest absolute Gasteiger partial charge is 0.490 e. The van der Waals surface area contributed by atoms with Gasteiger partial charge in [0.15, 0.2) is 34.8 Å². The van der Waals surface area contributed by atoms with Gasteiger partial charge < -0.3 is 9.47 Å². The summed E-state index contributed by atoms with van der Waals surface area (Å²) in [6.07, 6.45) is 1.36. The van der Waals surface area contributed by atoms with Crippen molar-refractivity contribution < 1.29 is 36.2 Å². The molecule has 11 heteroatoms. The average molecular weight is 537 g/mol. The number of carbonyl (C=O) groups is 1. The average Bonchev–Trinajstić information content (AvgIpc) is 3.15. The summed E-state index contributed by atoms with van der Waals surface area (Å²) in [5.41, 5.74) is -0.240. The molecule has 3 aromatic rings. The highest BCUT2D eigenvalue weighted by Crippen LogP contribution is 2.35. The molecule has 3 aromatic carbocycles. The molecule has 0 saturated carbocycles. The summed E-state index contributed by atoms with van der Waals surface area (Å²) in [5, 5.41) is 4.48. The number of rotatable bonds is 7. The third-order valence-electron chi connectivity index (χ3n) is 5.35. The first-order chi connectivity index (χ1) is 17.6. The van der Waals surface area contributed by atoms with E-state index in [0.29, 0.717) is 28.7 Å². The molecule has 0 bridgehead atoms. The van der Waals surface area contributed by atoms with Gasteiger partial charge in [0.1, 0.15) is 12.3 Å². The van der Waals surface area contributed by atoms with Crippen LogP contribution >= 0.6 is 11.6 Å². The monoisotopic (exact) mass is 536 g/mol. The number of hydrogen-bond acceptors (Lipinski definition) is 4. The van der Waals surface area contributed by atoms with E-state index in [2.05, 4.69) is 5.10 Å². The molecule has 1 amide bonds. The lowest BCUT2D eigenvalue weighted by Gasteiger charge is -2.15. The van der Waals surface area contributed by atoms with Gasteiger partial charge in [-0.3, -0.25) is 4.79 Å². The van der Waals surface area contributed by atoms with Crippen LogP contribution in [0.5, 0.6) is 11.5 Å². The Morgan fingerprint density at radius 2 is 1.51 bits per heavy atom. The first-order valence-corrected chi connectivity index (χ1v) is 11.3. The molecule has 1 heterocycles. The van der Waals surface area contributed by atoms with Crippen molar-refractivity contribution in [2.24, 2.45) is 5.10 Å². The SMILES string of the molecule is CCOc1cc(/C=C2/C(=O)N(c3c(F)c(F)c(F)c(F)c3F)N=C2C)ccc1OCc1ccc(Cl)cc1. The van der Waals surface area contributed by atoms with Crippen LogP contribution in [-0.4, -0.2) is 18.2 Å². The summed E-state index contributed by atoms with van der Waals surface area (Å²) in [5.74, 6) is -11.3. The highest BCUT2D eigenvalue weighted by Gasteiger charge is 2.37. The van der Waals surface area contributed by atoms with Gasteiger partial charge in [0.25, 0.3) is 5.91 Å². The van der Waals surface area contributed by atoms with Crippen LogP contribution in [-0.2, 0) is 11.4 Å². The first kappa shape index (κ1) is 26.2. The predicted octanol–water partition coefficient (Wildman–Crippen LogP) is 6.82. The number of halogens is 6. The molecule has 0 aliphatic carbocycles. The molecule has 0 N–H and O–H groups in total. The van der Waals surface area contributed by atoms with Crippen molar-refractivity contribution in [1.82, 2.24) is 0 Å². The van der Waals surface area contributed by atoms with Crippen LogP contribution in [0.2, 0.25) is 5.02 Å². The fraction of sp³-hybridized carbons (Fsp3) is 0.154. The second-order valence-corrected chi connectivity index (χ2v) is 8.27. The maximum absolute atomic E-state index is 14.3. The van der Waals surface area contributed by atoms with Crippen LogP contribution < -0.4 is 14.5 Å².